The van der Waals surface area contributed by atoms with Crippen molar-refractivity contribution in [1.82, 2.24) is 4.90 Å². The molecule has 1 aromatic carbocycles. The molecule has 2 rings (SSSR count). The molecule has 1 fully saturated rings. The third-order valence-electron chi connectivity index (χ3n) is 4.24. The summed E-state index contributed by atoms with van der Waals surface area (Å²) in [5.74, 6) is -0.413. The minimum Gasteiger partial charge on any atom is -0.465 e. The van der Waals surface area contributed by atoms with E-state index < -0.39 is 12.0 Å². The molecule has 5 heteroatoms. The van der Waals surface area contributed by atoms with E-state index in [2.05, 4.69) is 13.8 Å². The van der Waals surface area contributed by atoms with Gasteiger partial charge in [-0.2, -0.15) is 0 Å². The Bertz CT molecular complexity index is 525. The minimum absolute atomic E-state index is 0.0384. The number of carboxylic acid groups (broad SMARTS) is 1. The second-order valence-corrected chi connectivity index (χ2v) is 5.98. The maximum absolute atomic E-state index is 11.8. The first kappa shape index (κ1) is 15.4. The molecule has 114 valence electrons. The zero-order valence-electron chi connectivity index (χ0n) is 12.5. The number of hydrogen-bond donors (Lipinski definition) is 2. The van der Waals surface area contributed by atoms with Crippen molar-refractivity contribution < 1.29 is 14.7 Å². The van der Waals surface area contributed by atoms with E-state index in [9.17, 15) is 9.59 Å². The molecule has 21 heavy (non-hydrogen) atoms. The van der Waals surface area contributed by atoms with Crippen LogP contribution in [0.2, 0.25) is 0 Å². The van der Waals surface area contributed by atoms with Crippen LogP contribution in [0, 0.1) is 5.92 Å². The molecule has 0 spiro atoms. The SMILES string of the molecule is CC(C)c1ccc(C(C(N)=O)[C@H]2CCN(C(=O)O)C2)cc1. The summed E-state index contributed by atoms with van der Waals surface area (Å²) in [7, 11) is 0. The Morgan fingerprint density at radius 2 is 1.81 bits per heavy atom. The molecule has 5 nitrogen and oxygen atoms in total. The number of rotatable bonds is 4. The highest BCUT2D eigenvalue weighted by atomic mass is 16.4. The fourth-order valence-electron chi connectivity index (χ4n) is 2.99. The molecule has 1 saturated heterocycles. The molecule has 1 unspecified atom stereocenters. The summed E-state index contributed by atoms with van der Waals surface area (Å²) < 4.78 is 0. The van der Waals surface area contributed by atoms with Gasteiger partial charge in [-0.05, 0) is 29.4 Å². The summed E-state index contributed by atoms with van der Waals surface area (Å²) in [5.41, 5.74) is 7.65. The van der Waals surface area contributed by atoms with Crippen LogP contribution >= 0.6 is 0 Å². The predicted octanol–water partition coefficient (Wildman–Crippen LogP) is 2.38. The van der Waals surface area contributed by atoms with E-state index in [0.29, 0.717) is 25.4 Å². The summed E-state index contributed by atoms with van der Waals surface area (Å²) in [4.78, 5) is 24.2. The maximum Gasteiger partial charge on any atom is 0.407 e. The number of nitrogens with two attached hydrogens (primary N) is 1. The van der Waals surface area contributed by atoms with Crippen LogP contribution in [0.25, 0.3) is 0 Å². The van der Waals surface area contributed by atoms with Gasteiger partial charge in [0.25, 0.3) is 0 Å². The van der Waals surface area contributed by atoms with Gasteiger partial charge in [0.1, 0.15) is 0 Å². The molecule has 1 heterocycles. The average molecular weight is 290 g/mol. The van der Waals surface area contributed by atoms with Crippen molar-refractivity contribution in [2.75, 3.05) is 13.1 Å². The molecule has 0 aromatic heterocycles. The monoisotopic (exact) mass is 290 g/mol. The van der Waals surface area contributed by atoms with E-state index in [1.807, 2.05) is 24.3 Å². The van der Waals surface area contributed by atoms with Crippen LogP contribution in [0.4, 0.5) is 4.79 Å². The Kier molecular flexibility index (Phi) is 4.50. The summed E-state index contributed by atoms with van der Waals surface area (Å²) in [6.07, 6.45) is -0.262. The Morgan fingerprint density at radius 1 is 1.24 bits per heavy atom. The molecule has 0 saturated carbocycles. The fraction of sp³-hybridized carbons (Fsp3) is 0.500. The van der Waals surface area contributed by atoms with E-state index >= 15 is 0 Å². The molecular weight excluding hydrogens is 268 g/mol. The number of primary amides is 1. The van der Waals surface area contributed by atoms with Crippen LogP contribution in [-0.2, 0) is 4.79 Å². The van der Waals surface area contributed by atoms with Crippen LogP contribution in [0.3, 0.4) is 0 Å². The van der Waals surface area contributed by atoms with Crippen LogP contribution in [0.5, 0.6) is 0 Å². The van der Waals surface area contributed by atoms with Gasteiger partial charge in [-0.3, -0.25) is 4.79 Å². The van der Waals surface area contributed by atoms with Crippen molar-refractivity contribution in [1.29, 1.82) is 0 Å². The molecule has 1 aromatic rings. The molecule has 0 bridgehead atoms. The standard InChI is InChI=1S/C16H22N2O3/c1-10(2)11-3-5-12(6-4-11)14(15(17)19)13-7-8-18(9-13)16(20)21/h3-6,10,13-14H,7-9H2,1-2H3,(H2,17,19)(H,20,21)/t13-,14?/m0/s1. The summed E-state index contributed by atoms with van der Waals surface area (Å²) in [6, 6.07) is 7.90. The molecule has 1 aliphatic heterocycles. The highest BCUT2D eigenvalue weighted by molar-refractivity contribution is 5.82. The van der Waals surface area contributed by atoms with E-state index in [1.54, 1.807) is 0 Å². The van der Waals surface area contributed by atoms with Crippen molar-refractivity contribution in [3.05, 3.63) is 35.4 Å². The van der Waals surface area contributed by atoms with Crippen LogP contribution in [-0.4, -0.2) is 35.1 Å². The van der Waals surface area contributed by atoms with Gasteiger partial charge in [-0.25, -0.2) is 4.79 Å². The van der Waals surface area contributed by atoms with Crippen molar-refractivity contribution in [2.45, 2.75) is 32.1 Å². The van der Waals surface area contributed by atoms with Gasteiger partial charge in [0.05, 0.1) is 5.92 Å². The van der Waals surface area contributed by atoms with Crippen molar-refractivity contribution in [2.24, 2.45) is 11.7 Å². The zero-order valence-corrected chi connectivity index (χ0v) is 12.5. The molecule has 0 radical (unpaired) electrons. The highest BCUT2D eigenvalue weighted by Crippen LogP contribution is 2.32. The van der Waals surface area contributed by atoms with Gasteiger partial charge in [-0.1, -0.05) is 38.1 Å². The van der Waals surface area contributed by atoms with Crippen LogP contribution in [0.1, 0.15) is 43.2 Å². The molecule has 0 aliphatic carbocycles. The van der Waals surface area contributed by atoms with E-state index in [0.717, 1.165) is 5.56 Å². The van der Waals surface area contributed by atoms with Gasteiger partial charge in [-0.15, -0.1) is 0 Å². The average Bonchev–Trinajstić information content (AvgIpc) is 2.88. The topological polar surface area (TPSA) is 83.6 Å². The fourth-order valence-corrected chi connectivity index (χ4v) is 2.99. The number of carbonyl (C=O) groups is 2. The predicted molar refractivity (Wildman–Crippen MR) is 80.2 cm³/mol. The largest absolute Gasteiger partial charge is 0.465 e. The lowest BCUT2D eigenvalue weighted by molar-refractivity contribution is -0.120. The number of likely N-dealkylation sites (tertiary alicyclic amines) is 1. The second kappa shape index (κ2) is 6.16. The van der Waals surface area contributed by atoms with Gasteiger partial charge < -0.3 is 15.7 Å². The van der Waals surface area contributed by atoms with E-state index in [1.165, 1.54) is 10.5 Å². The third kappa shape index (κ3) is 3.35. The maximum atomic E-state index is 11.8. The summed E-state index contributed by atoms with van der Waals surface area (Å²) >= 11 is 0. The molecular formula is C16H22N2O3. The Hall–Kier alpha value is -2.04. The lowest BCUT2D eigenvalue weighted by atomic mass is 9.84. The summed E-state index contributed by atoms with van der Waals surface area (Å²) in [5, 5.41) is 9.03. The first-order valence-electron chi connectivity index (χ1n) is 7.27. The number of nitrogens with zero attached hydrogens (tertiary/aromatic N) is 1. The zero-order chi connectivity index (χ0) is 15.6. The Labute approximate surface area is 124 Å². The number of hydrogen-bond acceptors (Lipinski definition) is 2. The van der Waals surface area contributed by atoms with Gasteiger partial charge in [0, 0.05) is 13.1 Å². The first-order valence-corrected chi connectivity index (χ1v) is 7.27. The number of carbonyl (C=O) groups excluding carboxylic acids is 1. The molecule has 3 N–H and O–H groups in total. The number of amides is 2. The molecule has 2 atom stereocenters. The normalized spacial score (nSPS) is 19.8. The molecule has 2 amide bonds. The summed E-state index contributed by atoms with van der Waals surface area (Å²) in [6.45, 7) is 5.06. The van der Waals surface area contributed by atoms with Crippen molar-refractivity contribution in [3.8, 4) is 0 Å². The van der Waals surface area contributed by atoms with Gasteiger partial charge >= 0.3 is 6.09 Å². The van der Waals surface area contributed by atoms with Crippen LogP contribution < -0.4 is 5.73 Å². The van der Waals surface area contributed by atoms with E-state index in [-0.39, 0.29) is 11.8 Å². The Morgan fingerprint density at radius 3 is 2.24 bits per heavy atom. The minimum atomic E-state index is -0.934. The third-order valence-corrected chi connectivity index (χ3v) is 4.24. The van der Waals surface area contributed by atoms with Gasteiger partial charge in [0.2, 0.25) is 5.91 Å². The van der Waals surface area contributed by atoms with Crippen molar-refractivity contribution in [3.63, 3.8) is 0 Å². The second-order valence-electron chi connectivity index (χ2n) is 5.98. The smallest absolute Gasteiger partial charge is 0.407 e. The van der Waals surface area contributed by atoms with Crippen LogP contribution in [0.15, 0.2) is 24.3 Å². The van der Waals surface area contributed by atoms with Gasteiger partial charge in [0.15, 0.2) is 0 Å². The van der Waals surface area contributed by atoms with Crippen molar-refractivity contribution >= 4 is 12.0 Å². The number of benzene rings is 1. The lowest BCUT2D eigenvalue weighted by Gasteiger charge is -2.21. The molecule has 1 aliphatic rings. The Balaban J connectivity index is 2.20. The highest BCUT2D eigenvalue weighted by Gasteiger charge is 2.35. The van der Waals surface area contributed by atoms with E-state index in [4.69, 9.17) is 10.8 Å². The lowest BCUT2D eigenvalue weighted by Crippen LogP contribution is -2.32. The quantitative estimate of drug-likeness (QED) is 0.893. The first-order chi connectivity index (χ1) is 9.90.